The van der Waals surface area contributed by atoms with Crippen molar-refractivity contribution in [1.82, 2.24) is 10.6 Å². The van der Waals surface area contributed by atoms with E-state index in [4.69, 9.17) is 0 Å². The topological polar surface area (TPSA) is 58.2 Å². The number of quaternary nitrogens is 1. The van der Waals surface area contributed by atoms with E-state index in [0.29, 0.717) is 17.6 Å². The van der Waals surface area contributed by atoms with Crippen LogP contribution in [-0.4, -0.2) is 56.1 Å². The molecule has 0 fully saturated rings. The van der Waals surface area contributed by atoms with Crippen LogP contribution in [-0.2, 0) is 9.59 Å². The van der Waals surface area contributed by atoms with Crippen molar-refractivity contribution in [2.45, 2.75) is 54.0 Å². The van der Waals surface area contributed by atoms with Gasteiger partial charge in [0, 0.05) is 12.0 Å². The lowest BCUT2D eigenvalue weighted by Gasteiger charge is -2.30. The third kappa shape index (κ3) is 10.6. The molecule has 130 valence electrons. The van der Waals surface area contributed by atoms with Crippen LogP contribution in [0.1, 0.15) is 48.0 Å². The molecule has 0 spiro atoms. The normalized spacial score (nSPS) is 13.9. The Hall–Kier alpha value is -1.10. The van der Waals surface area contributed by atoms with Gasteiger partial charge >= 0.3 is 0 Å². The summed E-state index contributed by atoms with van der Waals surface area (Å²) in [6.45, 7) is 14.1. The number of hydrogen-bond donors (Lipinski definition) is 2. The number of likely N-dealkylation sites (N-methyl/N-ethyl adjacent to an activating group) is 1. The summed E-state index contributed by atoms with van der Waals surface area (Å²) in [6, 6.07) is 0.158. The summed E-state index contributed by atoms with van der Waals surface area (Å²) >= 11 is 0. The first-order valence-corrected chi connectivity index (χ1v) is 8.21. The lowest BCUT2D eigenvalue weighted by Crippen LogP contribution is -2.51. The van der Waals surface area contributed by atoms with Gasteiger partial charge in [0.15, 0.2) is 6.54 Å². The molecule has 5 nitrogen and oxygen atoms in total. The van der Waals surface area contributed by atoms with Gasteiger partial charge in [-0.1, -0.05) is 27.7 Å². The van der Waals surface area contributed by atoms with Crippen LogP contribution in [0.4, 0.5) is 0 Å². The quantitative estimate of drug-likeness (QED) is 0.671. The highest BCUT2D eigenvalue weighted by Crippen LogP contribution is 2.24. The first kappa shape index (κ1) is 20.9. The molecule has 0 aliphatic heterocycles. The maximum atomic E-state index is 12.1. The van der Waals surface area contributed by atoms with Crippen LogP contribution in [0.3, 0.4) is 0 Å². The molecule has 1 atom stereocenters. The van der Waals surface area contributed by atoms with Crippen molar-refractivity contribution in [1.29, 1.82) is 0 Å². The maximum Gasteiger partial charge on any atom is 0.275 e. The van der Waals surface area contributed by atoms with Gasteiger partial charge in [-0.3, -0.25) is 9.59 Å². The molecule has 0 aromatic rings. The number of carbonyl (C=O) groups excluding carboxylic acids is 2. The van der Waals surface area contributed by atoms with E-state index in [0.717, 1.165) is 13.0 Å². The Morgan fingerprint density at radius 3 is 2.09 bits per heavy atom. The molecule has 0 radical (unpaired) electrons. The molecule has 2 amide bonds. The zero-order valence-electron chi connectivity index (χ0n) is 15.7. The Bertz CT molecular complexity index is 371. The smallest absolute Gasteiger partial charge is 0.275 e. The summed E-state index contributed by atoms with van der Waals surface area (Å²) in [4.78, 5) is 23.9. The molecule has 0 rings (SSSR count). The Kier molecular flexibility index (Phi) is 8.09. The molecule has 1 unspecified atom stereocenters. The predicted octanol–water partition coefficient (Wildman–Crippen LogP) is 1.78. The van der Waals surface area contributed by atoms with Crippen molar-refractivity contribution < 1.29 is 14.1 Å². The van der Waals surface area contributed by atoms with Crippen molar-refractivity contribution in [3.05, 3.63) is 0 Å². The highest BCUT2D eigenvalue weighted by molar-refractivity contribution is 5.78. The number of hydrogen-bond acceptors (Lipinski definition) is 2. The van der Waals surface area contributed by atoms with Crippen LogP contribution in [0.2, 0.25) is 0 Å². The third-order valence-corrected chi connectivity index (χ3v) is 3.40. The monoisotopic (exact) mass is 314 g/mol. The molecule has 0 bridgehead atoms. The number of rotatable bonds is 8. The molecule has 0 aromatic heterocycles. The summed E-state index contributed by atoms with van der Waals surface area (Å²) in [5.41, 5.74) is 0.154. The van der Waals surface area contributed by atoms with E-state index in [-0.39, 0.29) is 29.2 Å². The van der Waals surface area contributed by atoms with Crippen molar-refractivity contribution in [3.63, 3.8) is 0 Å². The van der Waals surface area contributed by atoms with Crippen molar-refractivity contribution in [3.8, 4) is 0 Å². The predicted molar refractivity (Wildman–Crippen MR) is 91.4 cm³/mol. The zero-order chi connectivity index (χ0) is 17.6. The second kappa shape index (κ2) is 8.51. The molecule has 22 heavy (non-hydrogen) atoms. The van der Waals surface area contributed by atoms with Gasteiger partial charge in [0.25, 0.3) is 5.91 Å². The molecule has 5 heteroatoms. The lowest BCUT2D eigenvalue weighted by atomic mass is 9.85. The molecular weight excluding hydrogens is 278 g/mol. The number of nitrogens with zero attached hydrogens (tertiary/aromatic N) is 1. The molecule has 2 N–H and O–H groups in total. The SMILES string of the molecule is CC(C)NC(=O)C[N+](C)(C)CCNC(=O)C(C)CC(C)(C)C. The fourth-order valence-corrected chi connectivity index (χ4v) is 2.50. The van der Waals surface area contributed by atoms with Crippen LogP contribution in [0, 0.1) is 11.3 Å². The fourth-order valence-electron chi connectivity index (χ4n) is 2.50. The van der Waals surface area contributed by atoms with Crippen molar-refractivity contribution >= 4 is 11.8 Å². The van der Waals surface area contributed by atoms with E-state index < -0.39 is 0 Å². The Balaban J connectivity index is 4.16. The highest BCUT2D eigenvalue weighted by Gasteiger charge is 2.23. The number of carbonyl (C=O) groups is 2. The summed E-state index contributed by atoms with van der Waals surface area (Å²) in [6.07, 6.45) is 0.869. The van der Waals surface area contributed by atoms with Gasteiger partial charge in [-0.25, -0.2) is 0 Å². The maximum absolute atomic E-state index is 12.1. The summed E-state index contributed by atoms with van der Waals surface area (Å²) in [7, 11) is 4.01. The van der Waals surface area contributed by atoms with E-state index in [9.17, 15) is 9.59 Å². The molecule has 0 aromatic carbocycles. The van der Waals surface area contributed by atoms with Crippen LogP contribution < -0.4 is 10.6 Å². The summed E-state index contributed by atoms with van der Waals surface area (Å²) in [5.74, 6) is 0.161. The standard InChI is InChI=1S/C17H35N3O2/c1-13(2)19-15(21)12-20(7,8)10-9-18-16(22)14(3)11-17(4,5)6/h13-14H,9-12H2,1-8H3,(H-,18,19,21,22)/p+1. The first-order chi connectivity index (χ1) is 9.82. The van der Waals surface area contributed by atoms with Crippen LogP contribution in [0.5, 0.6) is 0 Å². The van der Waals surface area contributed by atoms with E-state index in [1.165, 1.54) is 0 Å². The Morgan fingerprint density at radius 2 is 1.64 bits per heavy atom. The average molecular weight is 314 g/mol. The minimum atomic E-state index is 0.0138. The van der Waals surface area contributed by atoms with Gasteiger partial charge < -0.3 is 15.1 Å². The summed E-state index contributed by atoms with van der Waals surface area (Å²) in [5, 5.41) is 5.89. The van der Waals surface area contributed by atoms with Gasteiger partial charge in [-0.05, 0) is 25.7 Å². The molecule has 0 aliphatic rings. The largest absolute Gasteiger partial charge is 0.350 e. The number of amides is 2. The minimum Gasteiger partial charge on any atom is -0.350 e. The van der Waals surface area contributed by atoms with Crippen molar-refractivity contribution in [2.75, 3.05) is 33.7 Å². The first-order valence-electron chi connectivity index (χ1n) is 8.21. The molecule has 0 aliphatic carbocycles. The Labute approximate surface area is 136 Å². The van der Waals surface area contributed by atoms with Gasteiger partial charge in [0.1, 0.15) is 0 Å². The second-order valence-electron chi connectivity index (χ2n) is 8.50. The van der Waals surface area contributed by atoms with Gasteiger partial charge in [0.2, 0.25) is 5.91 Å². The third-order valence-electron chi connectivity index (χ3n) is 3.40. The van der Waals surface area contributed by atoms with Crippen LogP contribution >= 0.6 is 0 Å². The zero-order valence-corrected chi connectivity index (χ0v) is 15.7. The fraction of sp³-hybridized carbons (Fsp3) is 0.882. The van der Waals surface area contributed by atoms with Crippen molar-refractivity contribution in [2.24, 2.45) is 11.3 Å². The van der Waals surface area contributed by atoms with Gasteiger partial charge in [0.05, 0.1) is 27.2 Å². The van der Waals surface area contributed by atoms with E-state index in [1.807, 2.05) is 34.9 Å². The summed E-state index contributed by atoms with van der Waals surface area (Å²) < 4.78 is 0.562. The number of nitrogens with one attached hydrogen (secondary N) is 2. The molecular formula is C17H36N3O2+. The Morgan fingerprint density at radius 1 is 1.09 bits per heavy atom. The van der Waals surface area contributed by atoms with E-state index in [2.05, 4.69) is 31.4 Å². The average Bonchev–Trinajstić information content (AvgIpc) is 2.23. The molecule has 0 saturated heterocycles. The highest BCUT2D eigenvalue weighted by atomic mass is 16.2. The van der Waals surface area contributed by atoms with Crippen LogP contribution in [0.25, 0.3) is 0 Å². The van der Waals surface area contributed by atoms with E-state index >= 15 is 0 Å². The van der Waals surface area contributed by atoms with Gasteiger partial charge in [-0.15, -0.1) is 0 Å². The lowest BCUT2D eigenvalue weighted by molar-refractivity contribution is -0.881. The van der Waals surface area contributed by atoms with Crippen LogP contribution in [0.15, 0.2) is 0 Å². The molecule has 0 heterocycles. The molecule has 0 saturated carbocycles. The van der Waals surface area contributed by atoms with Gasteiger partial charge in [-0.2, -0.15) is 0 Å². The van der Waals surface area contributed by atoms with E-state index in [1.54, 1.807) is 0 Å². The second-order valence-corrected chi connectivity index (χ2v) is 8.50. The minimum absolute atomic E-state index is 0.0138.